The standard InChI is InChI=1S/C16H21NO19/c18-8-9(19,20)7(10(21,22)17-8)4-1-2-5(36-16(32,33)34)6(3-4)35-15(31)13(27,28)11(23,24)12(25,26)14(15,29)30/h1-3,7,19-34H,(H,17,18). The van der Waals surface area contributed by atoms with E-state index >= 15 is 0 Å². The van der Waals surface area contributed by atoms with Gasteiger partial charge in [-0.1, -0.05) is 6.07 Å². The van der Waals surface area contributed by atoms with E-state index in [-0.39, 0.29) is 6.07 Å². The first kappa shape index (κ1) is 28.2. The van der Waals surface area contributed by atoms with Gasteiger partial charge < -0.3 is 91.2 Å². The predicted octanol–water partition coefficient (Wildman–Crippen LogP) is -10.0. The van der Waals surface area contributed by atoms with Gasteiger partial charge >= 0.3 is 11.9 Å². The van der Waals surface area contributed by atoms with E-state index in [1.54, 1.807) is 0 Å². The SMILES string of the molecule is O=C1NC(O)(O)C(c2ccc(OC(O)(O)O)c(OC3(O)C(O)(O)C(O)(O)C(O)(O)C3(O)O)c2)C1(O)O. The summed E-state index contributed by atoms with van der Waals surface area (Å²) in [6.45, 7) is 0. The van der Waals surface area contributed by atoms with E-state index < -0.39 is 75.7 Å². The molecule has 1 amide bonds. The molecule has 36 heavy (non-hydrogen) atoms. The lowest BCUT2D eigenvalue weighted by atomic mass is 9.90. The number of rotatable bonds is 5. The van der Waals surface area contributed by atoms with Crippen LogP contribution in [0, 0.1) is 0 Å². The van der Waals surface area contributed by atoms with E-state index in [2.05, 4.69) is 9.47 Å². The molecule has 2 aliphatic rings. The van der Waals surface area contributed by atoms with Crippen LogP contribution < -0.4 is 14.8 Å². The van der Waals surface area contributed by atoms with Crippen molar-refractivity contribution in [2.45, 2.75) is 52.7 Å². The van der Waals surface area contributed by atoms with Gasteiger partial charge in [0.05, 0.1) is 0 Å². The Hall–Kier alpha value is -2.35. The second kappa shape index (κ2) is 7.36. The molecule has 0 aromatic heterocycles. The highest BCUT2D eigenvalue weighted by Gasteiger charge is 2.93. The molecule has 1 unspecified atom stereocenters. The summed E-state index contributed by atoms with van der Waals surface area (Å²) in [5, 5.41) is 158. The van der Waals surface area contributed by atoms with Crippen molar-refractivity contribution in [2.24, 2.45) is 0 Å². The summed E-state index contributed by atoms with van der Waals surface area (Å²) in [6, 6.07) is 1.28. The highest BCUT2D eigenvalue weighted by molar-refractivity contribution is 5.88. The van der Waals surface area contributed by atoms with Crippen molar-refractivity contribution in [2.75, 3.05) is 0 Å². The van der Waals surface area contributed by atoms with E-state index in [4.69, 9.17) is 15.3 Å². The molecule has 0 spiro atoms. The smallest absolute Gasteiger partial charge is 0.448 e. The van der Waals surface area contributed by atoms with Gasteiger partial charge in [-0.2, -0.15) is 0 Å². The maximum Gasteiger partial charge on any atom is 0.453 e. The van der Waals surface area contributed by atoms with E-state index in [1.165, 1.54) is 5.32 Å². The molecule has 2 fully saturated rings. The van der Waals surface area contributed by atoms with Crippen LogP contribution in [0.3, 0.4) is 0 Å². The van der Waals surface area contributed by atoms with Gasteiger partial charge in [0.15, 0.2) is 11.5 Å². The lowest BCUT2D eigenvalue weighted by Crippen LogP contribution is -2.70. The number of hydrogen-bond donors (Lipinski definition) is 17. The molecular weight excluding hydrogens is 510 g/mol. The summed E-state index contributed by atoms with van der Waals surface area (Å²) in [5.74, 6) is -38.2. The number of benzene rings is 1. The van der Waals surface area contributed by atoms with Crippen molar-refractivity contribution in [1.29, 1.82) is 0 Å². The van der Waals surface area contributed by atoms with Crippen LogP contribution in [0.5, 0.6) is 11.5 Å². The van der Waals surface area contributed by atoms with Gasteiger partial charge in [-0.05, 0) is 17.7 Å². The largest absolute Gasteiger partial charge is 0.453 e. The predicted molar refractivity (Wildman–Crippen MR) is 95.9 cm³/mol. The van der Waals surface area contributed by atoms with Crippen LogP contribution in [0.25, 0.3) is 0 Å². The first-order valence-corrected chi connectivity index (χ1v) is 9.20. The third-order valence-electron chi connectivity index (χ3n) is 5.65. The van der Waals surface area contributed by atoms with Crippen LogP contribution in [0.2, 0.25) is 0 Å². The Morgan fingerprint density at radius 3 is 1.58 bits per heavy atom. The molecule has 0 bridgehead atoms. The summed E-state index contributed by atoms with van der Waals surface area (Å²) in [6.07, 6.45) is -4.10. The van der Waals surface area contributed by atoms with Gasteiger partial charge in [-0.25, -0.2) is 0 Å². The second-order valence-electron chi connectivity index (χ2n) is 8.16. The van der Waals surface area contributed by atoms with Gasteiger partial charge in [-0.15, -0.1) is 0 Å². The van der Waals surface area contributed by atoms with E-state index in [9.17, 15) is 71.2 Å². The van der Waals surface area contributed by atoms with Gasteiger partial charge in [0.1, 0.15) is 5.92 Å². The second-order valence-corrected chi connectivity index (χ2v) is 8.16. The van der Waals surface area contributed by atoms with Crippen LogP contribution in [0.4, 0.5) is 0 Å². The molecule has 20 heteroatoms. The third kappa shape index (κ3) is 3.46. The summed E-state index contributed by atoms with van der Waals surface area (Å²) in [4.78, 5) is 11.7. The fourth-order valence-corrected chi connectivity index (χ4v) is 3.73. The van der Waals surface area contributed by atoms with Crippen LogP contribution in [0.1, 0.15) is 11.5 Å². The summed E-state index contributed by atoms with van der Waals surface area (Å²) in [5.41, 5.74) is -0.840. The fourth-order valence-electron chi connectivity index (χ4n) is 3.73. The van der Waals surface area contributed by atoms with Crippen molar-refractivity contribution >= 4 is 5.91 Å². The highest BCUT2D eigenvalue weighted by Crippen LogP contribution is 2.55. The third-order valence-corrected chi connectivity index (χ3v) is 5.65. The molecule has 3 rings (SSSR count). The molecule has 17 N–H and O–H groups in total. The van der Waals surface area contributed by atoms with Gasteiger partial charge in [-0.3, -0.25) is 10.1 Å². The lowest BCUT2D eigenvalue weighted by Gasteiger charge is -2.39. The van der Waals surface area contributed by atoms with E-state index in [1.807, 2.05) is 0 Å². The Morgan fingerprint density at radius 1 is 0.722 bits per heavy atom. The molecule has 1 aromatic rings. The number of aliphatic hydroxyl groups is 16. The summed E-state index contributed by atoms with van der Waals surface area (Å²) < 4.78 is 8.72. The van der Waals surface area contributed by atoms with Crippen LogP contribution in [-0.2, 0) is 4.79 Å². The topological polar surface area (TPSA) is 371 Å². The Bertz CT molecular complexity index is 1040. The molecule has 20 nitrogen and oxygen atoms in total. The number of amides is 1. The fraction of sp³-hybridized carbons (Fsp3) is 0.562. The summed E-state index contributed by atoms with van der Waals surface area (Å²) >= 11 is 0. The Balaban J connectivity index is 2.24. The van der Waals surface area contributed by atoms with Crippen LogP contribution >= 0.6 is 0 Å². The van der Waals surface area contributed by atoms with Crippen molar-refractivity contribution < 1.29 is 96.0 Å². The van der Waals surface area contributed by atoms with Crippen molar-refractivity contribution in [1.82, 2.24) is 5.32 Å². The van der Waals surface area contributed by atoms with Gasteiger partial charge in [0, 0.05) is 0 Å². The highest BCUT2D eigenvalue weighted by atomic mass is 16.9. The quantitative estimate of drug-likeness (QED) is 0.157. The number of carbonyl (C=O) groups excluding carboxylic acids is 1. The zero-order valence-electron chi connectivity index (χ0n) is 17.2. The van der Waals surface area contributed by atoms with Crippen LogP contribution in [0.15, 0.2) is 18.2 Å². The molecule has 1 aliphatic heterocycles. The van der Waals surface area contributed by atoms with Crippen molar-refractivity contribution in [3.63, 3.8) is 0 Å². The number of ether oxygens (including phenoxy) is 2. The Labute approximate surface area is 196 Å². The Kier molecular flexibility index (Phi) is 5.77. The molecule has 0 radical (unpaired) electrons. The van der Waals surface area contributed by atoms with Crippen molar-refractivity contribution in [3.8, 4) is 11.5 Å². The molecule has 1 aromatic carbocycles. The van der Waals surface area contributed by atoms with Crippen LogP contribution in [-0.4, -0.2) is 134 Å². The first-order valence-electron chi connectivity index (χ1n) is 9.20. The minimum Gasteiger partial charge on any atom is -0.448 e. The molecule has 1 saturated heterocycles. The first-order chi connectivity index (χ1) is 15.8. The number of hydrogen-bond acceptors (Lipinski definition) is 19. The van der Waals surface area contributed by atoms with Gasteiger partial charge in [0.2, 0.25) is 0 Å². The number of carbonyl (C=O) groups is 1. The molecule has 1 heterocycles. The maximum absolute atomic E-state index is 11.7. The normalized spacial score (nSPS) is 28.4. The number of nitrogens with one attached hydrogen (secondary N) is 1. The molecular formula is C16H21NO19. The summed E-state index contributed by atoms with van der Waals surface area (Å²) in [7, 11) is 0. The van der Waals surface area contributed by atoms with E-state index in [0.29, 0.717) is 12.1 Å². The minimum atomic E-state index is -4.87. The van der Waals surface area contributed by atoms with Gasteiger partial charge in [0.25, 0.3) is 40.8 Å². The molecule has 1 aliphatic carbocycles. The Morgan fingerprint density at radius 2 is 1.19 bits per heavy atom. The minimum absolute atomic E-state index is 0.240. The monoisotopic (exact) mass is 531 g/mol. The lowest BCUT2D eigenvalue weighted by molar-refractivity contribution is -0.452. The molecule has 1 atom stereocenters. The zero-order chi connectivity index (χ0) is 28.1. The molecule has 1 saturated carbocycles. The van der Waals surface area contributed by atoms with Crippen molar-refractivity contribution in [3.05, 3.63) is 23.8 Å². The zero-order valence-corrected chi connectivity index (χ0v) is 17.2. The maximum atomic E-state index is 11.7. The average Bonchev–Trinajstić information content (AvgIpc) is 2.85. The van der Waals surface area contributed by atoms with E-state index in [0.717, 1.165) is 0 Å². The average molecular weight is 531 g/mol. The molecule has 204 valence electrons.